The maximum absolute atomic E-state index is 12.6. The number of ketones is 1. The average Bonchev–Trinajstić information content (AvgIpc) is 2.14. The fourth-order valence-corrected chi connectivity index (χ4v) is 1.14. The van der Waals surface area contributed by atoms with E-state index in [1.54, 1.807) is 0 Å². The summed E-state index contributed by atoms with van der Waals surface area (Å²) in [4.78, 5) is 11.0. The van der Waals surface area contributed by atoms with E-state index in [9.17, 15) is 26.5 Å². The number of benzene rings is 1. The van der Waals surface area contributed by atoms with Gasteiger partial charge >= 0.3 is 64.3 Å². The average molecular weight is 276 g/mol. The zero-order chi connectivity index (χ0) is 12.6. The van der Waals surface area contributed by atoms with Crippen LogP contribution >= 0.6 is 0 Å². The third-order valence-corrected chi connectivity index (χ3v) is 1.93. The first-order valence-corrected chi connectivity index (χ1v) is 4.35. The minimum absolute atomic E-state index is 0. The van der Waals surface area contributed by atoms with Crippen LogP contribution in [0, 0.1) is 0 Å². The summed E-state index contributed by atoms with van der Waals surface area (Å²) in [6.45, 7) is -4.94. The molecule has 1 aromatic rings. The van der Waals surface area contributed by atoms with E-state index in [1.807, 2.05) is 0 Å². The molecule has 0 aromatic heterocycles. The Morgan fingerprint density at radius 3 is 2.18 bits per heavy atom. The van der Waals surface area contributed by atoms with Crippen LogP contribution in [-0.4, -0.2) is 18.7 Å². The Morgan fingerprint density at radius 1 is 1.24 bits per heavy atom. The third kappa shape index (κ3) is 4.78. The smallest absolute Gasteiger partial charge is 0.445 e. The van der Waals surface area contributed by atoms with Gasteiger partial charge in [-0.1, -0.05) is 24.3 Å². The number of carbonyl (C=O) groups is 1. The summed E-state index contributed by atoms with van der Waals surface area (Å²) in [6, 6.07) is 3.05. The van der Waals surface area contributed by atoms with Crippen molar-refractivity contribution in [3.05, 3.63) is 29.8 Å². The Hall–Kier alpha value is 0.241. The molecule has 0 aliphatic rings. The van der Waals surface area contributed by atoms with E-state index in [1.165, 1.54) is 0 Å². The first-order chi connectivity index (χ1) is 7.12. The van der Waals surface area contributed by atoms with Gasteiger partial charge in [-0.2, -0.15) is 8.78 Å². The number of rotatable bonds is 3. The number of carbonyl (C=O) groups excluding carboxylic acids is 1. The molecule has 0 spiro atoms. The molecule has 8 heteroatoms. The molecule has 0 N–H and O–H groups in total. The first-order valence-electron chi connectivity index (χ1n) is 4.35. The molecule has 0 aliphatic carbocycles. The van der Waals surface area contributed by atoms with Crippen LogP contribution in [0.5, 0.6) is 0 Å². The van der Waals surface area contributed by atoms with Gasteiger partial charge in [0.25, 0.3) is 0 Å². The zero-order valence-corrected chi connectivity index (χ0v) is 12.3. The summed E-state index contributed by atoms with van der Waals surface area (Å²) >= 11 is 0. The van der Waals surface area contributed by atoms with E-state index in [0.717, 1.165) is 18.2 Å². The third-order valence-electron chi connectivity index (χ3n) is 1.93. The Balaban J connectivity index is 0.00000256. The van der Waals surface area contributed by atoms with Crippen molar-refractivity contribution in [2.45, 2.75) is 12.8 Å². The molecule has 0 bridgehead atoms. The minimum Gasteiger partial charge on any atom is -0.445 e. The predicted molar refractivity (Wildman–Crippen MR) is 50.1 cm³/mol. The maximum atomic E-state index is 12.6. The normalized spacial score (nSPS) is 11.9. The summed E-state index contributed by atoms with van der Waals surface area (Å²) in [7, 11) is 0. The summed E-state index contributed by atoms with van der Waals surface area (Å²) in [5, 5.41) is 0. The fourth-order valence-electron chi connectivity index (χ4n) is 1.14. The number of hydrogen-bond acceptors (Lipinski definition) is 1. The van der Waals surface area contributed by atoms with E-state index in [4.69, 9.17) is 0 Å². The Bertz CT molecular complexity index is 413. The monoisotopic (exact) mass is 276 g/mol. The van der Waals surface area contributed by atoms with Crippen LogP contribution in [-0.2, 0) is 0 Å². The van der Waals surface area contributed by atoms with Crippen LogP contribution in [0.3, 0.4) is 0 Å². The van der Waals surface area contributed by atoms with E-state index in [-0.39, 0.29) is 51.4 Å². The Labute approximate surface area is 137 Å². The van der Waals surface area contributed by atoms with Crippen LogP contribution in [0.1, 0.15) is 17.3 Å². The molecule has 0 unspecified atom stereocenters. The van der Waals surface area contributed by atoms with Gasteiger partial charge < -0.3 is 12.9 Å². The van der Waals surface area contributed by atoms with Gasteiger partial charge in [0.2, 0.25) is 5.78 Å². The fraction of sp³-hybridized carbons (Fsp3) is 0.222. The molecule has 0 fully saturated rings. The van der Waals surface area contributed by atoms with E-state index in [0.29, 0.717) is 13.0 Å². The molecular weight excluding hydrogens is 269 g/mol. The quantitative estimate of drug-likeness (QED) is 0.416. The zero-order valence-electron chi connectivity index (χ0n) is 9.18. The summed E-state index contributed by atoms with van der Waals surface area (Å²) in [5.74, 6) is -5.29. The topological polar surface area (TPSA) is 17.1 Å². The van der Waals surface area contributed by atoms with Crippen molar-refractivity contribution in [2.75, 3.05) is 0 Å². The predicted octanol–water partition coefficient (Wildman–Crippen LogP) is -0.417. The van der Waals surface area contributed by atoms with Crippen molar-refractivity contribution in [1.82, 2.24) is 0 Å². The minimum atomic E-state index is -5.29. The van der Waals surface area contributed by atoms with Crippen LogP contribution < -0.4 is 56.8 Å². The number of alkyl halides is 2. The second-order valence-corrected chi connectivity index (χ2v) is 3.42. The standard InChI is InChI=1S/C9H7BF5O.K/c1-9(11,12)8(16)6-3-2-4-7(5-6)10(13,14)15;/h2-5H,1H3;/q-1;+1. The molecule has 1 rings (SSSR count). The van der Waals surface area contributed by atoms with Crippen LogP contribution in [0.25, 0.3) is 0 Å². The second-order valence-electron chi connectivity index (χ2n) is 3.42. The number of Topliss-reactive ketones (excluding diaryl/α,β-unsaturated/α-hetero) is 1. The van der Waals surface area contributed by atoms with Crippen molar-refractivity contribution >= 4 is 18.2 Å². The van der Waals surface area contributed by atoms with Crippen molar-refractivity contribution in [1.29, 1.82) is 0 Å². The van der Waals surface area contributed by atoms with Gasteiger partial charge in [0.15, 0.2) is 0 Å². The van der Waals surface area contributed by atoms with Crippen molar-refractivity contribution in [3.8, 4) is 0 Å². The molecule has 0 amide bonds. The molecule has 0 saturated carbocycles. The summed E-state index contributed by atoms with van der Waals surface area (Å²) in [5.41, 5.74) is -1.70. The van der Waals surface area contributed by atoms with Gasteiger partial charge in [-0.25, -0.2) is 0 Å². The summed E-state index contributed by atoms with van der Waals surface area (Å²) in [6.07, 6.45) is 0. The van der Waals surface area contributed by atoms with E-state index < -0.39 is 29.7 Å². The van der Waals surface area contributed by atoms with Crippen molar-refractivity contribution in [2.24, 2.45) is 0 Å². The van der Waals surface area contributed by atoms with Gasteiger partial charge in [0, 0.05) is 12.5 Å². The molecule has 1 aromatic carbocycles. The first kappa shape index (κ1) is 17.2. The van der Waals surface area contributed by atoms with E-state index in [2.05, 4.69) is 0 Å². The van der Waals surface area contributed by atoms with Crippen LogP contribution in [0.15, 0.2) is 24.3 Å². The molecule has 17 heavy (non-hydrogen) atoms. The Kier molecular flexibility index (Phi) is 6.01. The molecule has 1 nitrogen and oxygen atoms in total. The van der Waals surface area contributed by atoms with Crippen molar-refractivity contribution < 1.29 is 77.9 Å². The molecule has 0 radical (unpaired) electrons. The Morgan fingerprint density at radius 2 is 1.76 bits per heavy atom. The van der Waals surface area contributed by atoms with Gasteiger partial charge in [-0.05, 0) is 0 Å². The molecule has 0 saturated heterocycles. The summed E-state index contributed by atoms with van der Waals surface area (Å²) < 4.78 is 62.1. The van der Waals surface area contributed by atoms with Gasteiger partial charge in [-0.3, -0.25) is 4.79 Å². The van der Waals surface area contributed by atoms with Crippen molar-refractivity contribution in [3.63, 3.8) is 0 Å². The largest absolute Gasteiger partial charge is 1.00 e. The maximum Gasteiger partial charge on any atom is 1.00 e. The van der Waals surface area contributed by atoms with Crippen LogP contribution in [0.4, 0.5) is 21.7 Å². The number of halogens is 5. The second kappa shape index (κ2) is 5.92. The molecule has 0 heterocycles. The van der Waals surface area contributed by atoms with Gasteiger partial charge in [0.05, 0.1) is 0 Å². The van der Waals surface area contributed by atoms with Crippen LogP contribution in [0.2, 0.25) is 0 Å². The van der Waals surface area contributed by atoms with Gasteiger partial charge in [0.1, 0.15) is 0 Å². The molecule has 0 aliphatic heterocycles. The molecule has 0 atom stereocenters. The van der Waals surface area contributed by atoms with Gasteiger partial charge in [-0.15, -0.1) is 5.46 Å². The number of hydrogen-bond donors (Lipinski definition) is 0. The molecule has 88 valence electrons. The molecular formula is C9H7BF5KO. The van der Waals surface area contributed by atoms with E-state index >= 15 is 0 Å². The SMILES string of the molecule is CC(F)(F)C(=O)c1cccc([B-](F)(F)F)c1.[K+].